The van der Waals surface area contributed by atoms with Gasteiger partial charge in [0.05, 0.1) is 0 Å². The van der Waals surface area contributed by atoms with Crippen LogP contribution in [-0.2, 0) is 15.4 Å². The van der Waals surface area contributed by atoms with E-state index in [9.17, 15) is 4.57 Å². The van der Waals surface area contributed by atoms with Crippen molar-refractivity contribution in [1.82, 2.24) is 0 Å². The quantitative estimate of drug-likeness (QED) is 0.423. The van der Waals surface area contributed by atoms with Crippen LogP contribution in [0, 0.1) is 0 Å². The van der Waals surface area contributed by atoms with Gasteiger partial charge in [-0.25, -0.2) is 4.52 Å². The third-order valence-electron chi connectivity index (χ3n) is 5.00. The van der Waals surface area contributed by atoms with E-state index in [4.69, 9.17) is 4.52 Å². The Kier molecular flexibility index (Phi) is 5.96. The summed E-state index contributed by atoms with van der Waals surface area (Å²) in [7, 11) is -2.01. The zero-order valence-corrected chi connectivity index (χ0v) is 19.1. The van der Waals surface area contributed by atoms with Crippen molar-refractivity contribution in [2.24, 2.45) is 0 Å². The van der Waals surface area contributed by atoms with Gasteiger partial charge in [-0.1, -0.05) is 96.1 Å². The molecule has 0 aliphatic carbocycles. The van der Waals surface area contributed by atoms with Crippen molar-refractivity contribution in [3.05, 3.63) is 83.9 Å². The minimum absolute atomic E-state index is 0.0464. The number of hydrogen-bond donors (Lipinski definition) is 0. The summed E-state index contributed by atoms with van der Waals surface area (Å²) in [6.07, 6.45) is 0. The summed E-state index contributed by atoms with van der Waals surface area (Å²) in [6.45, 7) is 13.1. The molecule has 150 valence electrons. The van der Waals surface area contributed by atoms with Crippen LogP contribution in [0.4, 0.5) is 0 Å². The van der Waals surface area contributed by atoms with Gasteiger partial charge in [0, 0.05) is 11.6 Å². The van der Waals surface area contributed by atoms with Gasteiger partial charge in [-0.15, -0.1) is 0 Å². The molecular weight excluding hydrogens is 375 g/mol. The molecule has 0 N–H and O–H groups in total. The molecule has 3 aromatic rings. The minimum atomic E-state index is -2.01. The van der Waals surface area contributed by atoms with Crippen LogP contribution in [0.1, 0.15) is 52.7 Å². The van der Waals surface area contributed by atoms with Crippen LogP contribution in [0.2, 0.25) is 0 Å². The molecule has 3 aromatic carbocycles. The molecule has 1 atom stereocenters. The Balaban J connectivity index is 1.93. The molecule has 0 bridgehead atoms. The van der Waals surface area contributed by atoms with E-state index in [0.717, 1.165) is 16.7 Å². The minimum Gasteiger partial charge on any atom is -0.250 e. The van der Waals surface area contributed by atoms with Crippen LogP contribution in [0.25, 0.3) is 11.1 Å². The maximum atomic E-state index is 13.1. The highest BCUT2D eigenvalue weighted by molar-refractivity contribution is 7.48. The van der Waals surface area contributed by atoms with Crippen LogP contribution < -0.4 is 9.83 Å². The van der Waals surface area contributed by atoms with Crippen molar-refractivity contribution >= 4 is 13.3 Å². The Morgan fingerprint density at radius 3 is 1.97 bits per heavy atom. The van der Waals surface area contributed by atoms with Gasteiger partial charge < -0.3 is 0 Å². The molecular formula is C26H30O2P+. The summed E-state index contributed by atoms with van der Waals surface area (Å²) in [6, 6.07) is 24.1. The molecule has 0 spiro atoms. The van der Waals surface area contributed by atoms with Gasteiger partial charge in [0.1, 0.15) is 0 Å². The number of hydrogen-bond acceptors (Lipinski definition) is 2. The van der Waals surface area contributed by atoms with Gasteiger partial charge in [0.25, 0.3) is 0 Å². The Bertz CT molecular complexity index is 1010. The topological polar surface area (TPSA) is 26.3 Å². The maximum Gasteiger partial charge on any atom is 0.597 e. The number of rotatable bonds is 4. The summed E-state index contributed by atoms with van der Waals surface area (Å²) in [5.41, 5.74) is 4.39. The third kappa shape index (κ3) is 5.14. The standard InChI is InChI=1S/C26H30O2P/c1-25(2,3)21-15-16-24(23(18-21)26(4,5)6)28-29(27)22-14-10-13-20(17-22)19-11-8-7-9-12-19/h7-18H,1-6H3/q+1. The van der Waals surface area contributed by atoms with E-state index in [1.807, 2.05) is 48.5 Å². The lowest BCUT2D eigenvalue weighted by molar-refractivity contribution is 0.492. The second-order valence-corrected chi connectivity index (χ2v) is 10.7. The highest BCUT2D eigenvalue weighted by Crippen LogP contribution is 2.39. The van der Waals surface area contributed by atoms with Crippen LogP contribution in [-0.4, -0.2) is 0 Å². The lowest BCUT2D eigenvalue weighted by Gasteiger charge is -2.25. The van der Waals surface area contributed by atoms with Crippen molar-refractivity contribution in [2.75, 3.05) is 0 Å². The molecule has 0 aromatic heterocycles. The van der Waals surface area contributed by atoms with E-state index in [2.05, 4.69) is 65.8 Å². The Morgan fingerprint density at radius 1 is 0.690 bits per heavy atom. The second kappa shape index (κ2) is 8.13. The molecule has 0 heterocycles. The normalized spacial score (nSPS) is 12.6. The van der Waals surface area contributed by atoms with E-state index in [1.54, 1.807) is 0 Å². The summed E-state index contributed by atoms with van der Waals surface area (Å²) in [5.74, 6) is 0.691. The average Bonchev–Trinajstić information content (AvgIpc) is 2.67. The molecule has 3 rings (SSSR count). The van der Waals surface area contributed by atoms with Crippen molar-refractivity contribution < 1.29 is 9.09 Å². The smallest absolute Gasteiger partial charge is 0.250 e. The van der Waals surface area contributed by atoms with Crippen molar-refractivity contribution in [3.8, 4) is 16.9 Å². The average molecular weight is 405 g/mol. The highest BCUT2D eigenvalue weighted by atomic mass is 31.1. The molecule has 1 unspecified atom stereocenters. The van der Waals surface area contributed by atoms with E-state index in [1.165, 1.54) is 5.56 Å². The predicted octanol–water partition coefficient (Wildman–Crippen LogP) is 7.40. The van der Waals surface area contributed by atoms with Gasteiger partial charge in [-0.05, 0) is 44.2 Å². The van der Waals surface area contributed by atoms with Gasteiger partial charge >= 0.3 is 8.03 Å². The van der Waals surface area contributed by atoms with Crippen molar-refractivity contribution in [3.63, 3.8) is 0 Å². The zero-order chi connectivity index (χ0) is 21.2. The van der Waals surface area contributed by atoms with Crippen LogP contribution in [0.5, 0.6) is 5.75 Å². The molecule has 3 heteroatoms. The first kappa shape index (κ1) is 21.3. The lowest BCUT2D eigenvalue weighted by Crippen LogP contribution is -2.17. The Morgan fingerprint density at radius 2 is 1.34 bits per heavy atom. The van der Waals surface area contributed by atoms with Crippen molar-refractivity contribution in [2.45, 2.75) is 52.4 Å². The molecule has 0 saturated heterocycles. The summed E-state index contributed by atoms with van der Waals surface area (Å²) in [4.78, 5) is 0. The monoisotopic (exact) mass is 405 g/mol. The highest BCUT2D eigenvalue weighted by Gasteiger charge is 2.30. The molecule has 0 saturated carbocycles. The molecule has 0 radical (unpaired) electrons. The largest absolute Gasteiger partial charge is 0.597 e. The van der Waals surface area contributed by atoms with E-state index in [-0.39, 0.29) is 10.8 Å². The first-order chi connectivity index (χ1) is 13.6. The molecule has 0 fully saturated rings. The Hall–Kier alpha value is -2.44. The summed E-state index contributed by atoms with van der Waals surface area (Å²) >= 11 is 0. The molecule has 2 nitrogen and oxygen atoms in total. The number of benzene rings is 3. The third-order valence-corrected chi connectivity index (χ3v) is 6.06. The van der Waals surface area contributed by atoms with Gasteiger partial charge in [0.2, 0.25) is 5.30 Å². The lowest BCUT2D eigenvalue weighted by atomic mass is 9.80. The van der Waals surface area contributed by atoms with E-state index < -0.39 is 8.03 Å². The van der Waals surface area contributed by atoms with Gasteiger partial charge in [0.15, 0.2) is 5.75 Å². The van der Waals surface area contributed by atoms with Crippen LogP contribution in [0.3, 0.4) is 0 Å². The SMILES string of the molecule is CC(C)(C)c1ccc(O[P+](=O)c2cccc(-c3ccccc3)c2)c(C(C)(C)C)c1. The summed E-state index contributed by atoms with van der Waals surface area (Å²) in [5, 5.41) is 0.695. The van der Waals surface area contributed by atoms with Gasteiger partial charge in [-0.3, -0.25) is 0 Å². The van der Waals surface area contributed by atoms with Crippen molar-refractivity contribution in [1.29, 1.82) is 0 Å². The van der Waals surface area contributed by atoms with E-state index >= 15 is 0 Å². The first-order valence-electron chi connectivity index (χ1n) is 10.0. The van der Waals surface area contributed by atoms with E-state index in [0.29, 0.717) is 11.1 Å². The Labute approximate surface area is 175 Å². The predicted molar refractivity (Wildman–Crippen MR) is 124 cm³/mol. The molecule has 0 aliphatic rings. The molecule has 29 heavy (non-hydrogen) atoms. The first-order valence-corrected chi connectivity index (χ1v) is 11.2. The summed E-state index contributed by atoms with van der Waals surface area (Å²) < 4.78 is 19.1. The van der Waals surface area contributed by atoms with Crippen LogP contribution in [0.15, 0.2) is 72.8 Å². The second-order valence-electron chi connectivity index (χ2n) is 9.48. The zero-order valence-electron chi connectivity index (χ0n) is 18.2. The molecule has 0 amide bonds. The van der Waals surface area contributed by atoms with Gasteiger partial charge in [-0.2, -0.15) is 0 Å². The fraction of sp³-hybridized carbons (Fsp3) is 0.308. The van der Waals surface area contributed by atoms with Crippen LogP contribution >= 0.6 is 8.03 Å². The molecule has 0 aliphatic heterocycles. The maximum absolute atomic E-state index is 13.1. The fourth-order valence-electron chi connectivity index (χ4n) is 3.23. The fourth-order valence-corrected chi connectivity index (χ4v) is 4.13.